The molecule has 0 heterocycles. The molecule has 4 heteroatoms. The van der Waals surface area contributed by atoms with Gasteiger partial charge in [0, 0.05) is 7.05 Å². The lowest BCUT2D eigenvalue weighted by atomic mass is 10.3. The molecule has 0 spiro atoms. The van der Waals surface area contributed by atoms with Crippen molar-refractivity contribution in [1.29, 1.82) is 0 Å². The molecule has 50 valence electrons. The van der Waals surface area contributed by atoms with Crippen LogP contribution >= 0.6 is 12.4 Å². The molecule has 0 rings (SSSR count). The van der Waals surface area contributed by atoms with Crippen LogP contribution in [0.2, 0.25) is 0 Å². The molecule has 1 unspecified atom stereocenters. The monoisotopic (exact) mass is 138 g/mol. The molecule has 3 nitrogen and oxygen atoms in total. The van der Waals surface area contributed by atoms with E-state index >= 15 is 0 Å². The highest BCUT2D eigenvalue weighted by Crippen LogP contribution is 1.69. The number of nitrogens with one attached hydrogen (secondary N) is 1. The van der Waals surface area contributed by atoms with Gasteiger partial charge < -0.3 is 11.1 Å². The zero-order chi connectivity index (χ0) is 5.86. The van der Waals surface area contributed by atoms with Gasteiger partial charge in [-0.3, -0.25) is 4.79 Å². The molecular formula is C4H11ClN2O. The van der Waals surface area contributed by atoms with Gasteiger partial charge in [-0.2, -0.15) is 0 Å². The van der Waals surface area contributed by atoms with Crippen LogP contribution in [0.5, 0.6) is 0 Å². The summed E-state index contributed by atoms with van der Waals surface area (Å²) in [6, 6.07) is -0.384. The average Bonchev–Trinajstić information content (AvgIpc) is 1.65. The summed E-state index contributed by atoms with van der Waals surface area (Å²) in [5.74, 6) is -0.125. The van der Waals surface area contributed by atoms with Crippen molar-refractivity contribution in [2.75, 3.05) is 7.05 Å². The van der Waals surface area contributed by atoms with Crippen LogP contribution in [0.15, 0.2) is 0 Å². The first-order chi connectivity index (χ1) is 3.18. The maximum atomic E-state index is 10.3. The lowest BCUT2D eigenvalue weighted by molar-refractivity contribution is -0.121. The smallest absolute Gasteiger partial charge is 0.236 e. The highest BCUT2D eigenvalue weighted by molar-refractivity contribution is 5.85. The second-order valence-electron chi connectivity index (χ2n) is 1.40. The fraction of sp³-hybridized carbons (Fsp3) is 0.750. The molecule has 0 aromatic rings. The molecule has 0 fully saturated rings. The van der Waals surface area contributed by atoms with Crippen molar-refractivity contribution in [1.82, 2.24) is 5.32 Å². The zero-order valence-corrected chi connectivity index (χ0v) is 5.79. The van der Waals surface area contributed by atoms with Crippen LogP contribution in [-0.2, 0) is 4.79 Å². The molecule has 0 radical (unpaired) electrons. The third kappa shape index (κ3) is 3.89. The first-order valence-electron chi connectivity index (χ1n) is 2.15. The molecule has 8 heavy (non-hydrogen) atoms. The Kier molecular flexibility index (Phi) is 6.48. The van der Waals surface area contributed by atoms with Crippen LogP contribution in [0, 0.1) is 0 Å². The van der Waals surface area contributed by atoms with Crippen LogP contribution < -0.4 is 11.1 Å². The van der Waals surface area contributed by atoms with Gasteiger partial charge >= 0.3 is 0 Å². The van der Waals surface area contributed by atoms with Gasteiger partial charge in [0.15, 0.2) is 0 Å². The molecule has 0 aliphatic heterocycles. The summed E-state index contributed by atoms with van der Waals surface area (Å²) in [6.45, 7) is 1.64. The van der Waals surface area contributed by atoms with Crippen LogP contribution in [-0.4, -0.2) is 19.0 Å². The van der Waals surface area contributed by atoms with Crippen molar-refractivity contribution in [3.63, 3.8) is 0 Å². The number of likely N-dealkylation sites (N-methyl/N-ethyl adjacent to an activating group) is 1. The van der Waals surface area contributed by atoms with Crippen LogP contribution in [0.4, 0.5) is 0 Å². The minimum atomic E-state index is -0.384. The fourth-order valence-corrected chi connectivity index (χ4v) is 0.228. The molecule has 0 aliphatic carbocycles. The van der Waals surface area contributed by atoms with E-state index in [2.05, 4.69) is 5.32 Å². The number of nitrogens with two attached hydrogens (primary N) is 1. The summed E-state index contributed by atoms with van der Waals surface area (Å²) < 4.78 is 0. The highest BCUT2D eigenvalue weighted by atomic mass is 35.5. The number of carbonyl (C=O) groups excluding carboxylic acids is 1. The van der Waals surface area contributed by atoms with Gasteiger partial charge in [-0.15, -0.1) is 12.4 Å². The number of carbonyl (C=O) groups is 1. The summed E-state index contributed by atoms with van der Waals surface area (Å²) in [4.78, 5) is 10.3. The van der Waals surface area contributed by atoms with Gasteiger partial charge in [-0.05, 0) is 6.92 Å². The van der Waals surface area contributed by atoms with Crippen molar-refractivity contribution in [3.05, 3.63) is 0 Å². The molecule has 1 amide bonds. The van der Waals surface area contributed by atoms with Crippen LogP contribution in [0.1, 0.15) is 6.92 Å². The number of hydrogen-bond donors (Lipinski definition) is 2. The first kappa shape index (κ1) is 10.7. The fourth-order valence-electron chi connectivity index (χ4n) is 0.228. The minimum absolute atomic E-state index is 0. The topological polar surface area (TPSA) is 55.1 Å². The Bertz CT molecular complexity index is 74.4. The van der Waals surface area contributed by atoms with E-state index in [9.17, 15) is 4.79 Å². The third-order valence-electron chi connectivity index (χ3n) is 0.660. The SMILES string of the molecule is CNC(=O)C(C)N.Cl. The minimum Gasteiger partial charge on any atom is -0.358 e. The molecule has 0 aromatic heterocycles. The Hall–Kier alpha value is -0.280. The quantitative estimate of drug-likeness (QED) is 0.514. The Balaban J connectivity index is 0. The van der Waals surface area contributed by atoms with Crippen molar-refractivity contribution in [2.24, 2.45) is 5.73 Å². The number of amides is 1. The van der Waals surface area contributed by atoms with Crippen molar-refractivity contribution < 1.29 is 4.79 Å². The van der Waals surface area contributed by atoms with E-state index in [0.29, 0.717) is 0 Å². The Labute approximate surface area is 55.0 Å². The summed E-state index contributed by atoms with van der Waals surface area (Å²) in [7, 11) is 1.56. The second kappa shape index (κ2) is 4.87. The van der Waals surface area contributed by atoms with E-state index in [4.69, 9.17) is 5.73 Å². The van der Waals surface area contributed by atoms with E-state index in [1.54, 1.807) is 14.0 Å². The van der Waals surface area contributed by atoms with Gasteiger partial charge in [-0.1, -0.05) is 0 Å². The molecule has 0 aromatic carbocycles. The van der Waals surface area contributed by atoms with Crippen molar-refractivity contribution >= 4 is 18.3 Å². The Morgan fingerprint density at radius 2 is 2.12 bits per heavy atom. The lowest BCUT2D eigenvalue weighted by Gasteiger charge is -1.99. The van der Waals surface area contributed by atoms with E-state index in [1.165, 1.54) is 0 Å². The maximum absolute atomic E-state index is 10.3. The molecule has 0 aliphatic rings. The number of hydrogen-bond acceptors (Lipinski definition) is 2. The average molecular weight is 139 g/mol. The Morgan fingerprint density at radius 3 is 2.12 bits per heavy atom. The molecule has 3 N–H and O–H groups in total. The Morgan fingerprint density at radius 1 is 1.75 bits per heavy atom. The normalized spacial score (nSPS) is 11.4. The molecule has 0 saturated heterocycles. The predicted molar refractivity (Wildman–Crippen MR) is 35.0 cm³/mol. The van der Waals surface area contributed by atoms with Gasteiger partial charge in [-0.25, -0.2) is 0 Å². The van der Waals surface area contributed by atoms with E-state index < -0.39 is 0 Å². The molecule has 0 saturated carbocycles. The van der Waals surface area contributed by atoms with E-state index in [-0.39, 0.29) is 24.4 Å². The van der Waals surface area contributed by atoms with E-state index in [0.717, 1.165) is 0 Å². The van der Waals surface area contributed by atoms with Crippen molar-refractivity contribution in [3.8, 4) is 0 Å². The van der Waals surface area contributed by atoms with E-state index in [1.807, 2.05) is 0 Å². The van der Waals surface area contributed by atoms with Gasteiger partial charge in [0.2, 0.25) is 5.91 Å². The van der Waals surface area contributed by atoms with Gasteiger partial charge in [0.1, 0.15) is 0 Å². The van der Waals surface area contributed by atoms with Crippen molar-refractivity contribution in [2.45, 2.75) is 13.0 Å². The van der Waals surface area contributed by atoms with Gasteiger partial charge in [0.05, 0.1) is 6.04 Å². The van der Waals surface area contributed by atoms with Crippen LogP contribution in [0.3, 0.4) is 0 Å². The molecular weight excluding hydrogens is 128 g/mol. The second-order valence-corrected chi connectivity index (χ2v) is 1.40. The first-order valence-corrected chi connectivity index (χ1v) is 2.15. The summed E-state index contributed by atoms with van der Waals surface area (Å²) in [5.41, 5.74) is 5.13. The summed E-state index contributed by atoms with van der Waals surface area (Å²) in [6.07, 6.45) is 0. The maximum Gasteiger partial charge on any atom is 0.236 e. The summed E-state index contributed by atoms with van der Waals surface area (Å²) in [5, 5.41) is 2.40. The lowest BCUT2D eigenvalue weighted by Crippen LogP contribution is -2.35. The standard InChI is InChI=1S/C4H10N2O.ClH/c1-3(5)4(7)6-2;/h3H,5H2,1-2H3,(H,6,7);1H. The third-order valence-corrected chi connectivity index (χ3v) is 0.660. The molecule has 1 atom stereocenters. The summed E-state index contributed by atoms with van der Waals surface area (Å²) >= 11 is 0. The predicted octanol–water partition coefficient (Wildman–Crippen LogP) is -0.499. The zero-order valence-electron chi connectivity index (χ0n) is 4.97. The van der Waals surface area contributed by atoms with Crippen LogP contribution in [0.25, 0.3) is 0 Å². The largest absolute Gasteiger partial charge is 0.358 e. The number of halogens is 1. The number of rotatable bonds is 1. The molecule has 0 bridgehead atoms. The van der Waals surface area contributed by atoms with Gasteiger partial charge in [0.25, 0.3) is 0 Å². The highest BCUT2D eigenvalue weighted by Gasteiger charge is 2.00.